The maximum absolute atomic E-state index is 9.63. The van der Waals surface area contributed by atoms with E-state index in [4.69, 9.17) is 11.6 Å². The standard InChI is InChI=1S/C10H13BrClNOS/c11-8-3-7(15-10(8)12)4-13-5-9(14)6-1-2-6/h3,6,9,13-14H,1-2,4-5H2. The van der Waals surface area contributed by atoms with Crippen molar-refractivity contribution < 1.29 is 5.11 Å². The van der Waals surface area contributed by atoms with Crippen molar-refractivity contribution in [2.45, 2.75) is 25.5 Å². The van der Waals surface area contributed by atoms with Crippen LogP contribution in [0.15, 0.2) is 10.5 Å². The topological polar surface area (TPSA) is 32.3 Å². The van der Waals surface area contributed by atoms with Gasteiger partial charge in [-0.25, -0.2) is 0 Å². The van der Waals surface area contributed by atoms with Crippen LogP contribution in [0.1, 0.15) is 17.7 Å². The van der Waals surface area contributed by atoms with Gasteiger partial charge >= 0.3 is 0 Å². The highest BCUT2D eigenvalue weighted by Gasteiger charge is 2.29. The molecule has 0 amide bonds. The molecule has 84 valence electrons. The Bertz CT molecular complexity index is 321. The first-order chi connectivity index (χ1) is 7.16. The fourth-order valence-corrected chi connectivity index (χ4v) is 3.23. The third-order valence-corrected chi connectivity index (χ3v) is 4.99. The van der Waals surface area contributed by atoms with Crippen LogP contribution in [0.2, 0.25) is 4.34 Å². The number of rotatable bonds is 5. The predicted octanol–water partition coefficient (Wildman–Crippen LogP) is 3.02. The molecule has 1 aromatic rings. The highest BCUT2D eigenvalue weighted by Crippen LogP contribution is 2.33. The van der Waals surface area contributed by atoms with Crippen molar-refractivity contribution in [2.24, 2.45) is 5.92 Å². The molecule has 1 saturated carbocycles. The maximum atomic E-state index is 9.63. The Kier molecular flexibility index (Phi) is 4.07. The van der Waals surface area contributed by atoms with Gasteiger partial charge in [-0.3, -0.25) is 0 Å². The summed E-state index contributed by atoms with van der Waals surface area (Å²) in [4.78, 5) is 1.19. The SMILES string of the molecule is OC(CNCc1cc(Br)c(Cl)s1)C1CC1. The van der Waals surface area contributed by atoms with Gasteiger partial charge < -0.3 is 10.4 Å². The Hall–Kier alpha value is 0.390. The number of thiophene rings is 1. The van der Waals surface area contributed by atoms with Gasteiger partial charge in [-0.1, -0.05) is 11.6 Å². The van der Waals surface area contributed by atoms with Crippen molar-refractivity contribution in [3.05, 3.63) is 19.8 Å². The molecule has 0 aliphatic heterocycles. The molecule has 1 aliphatic rings. The second-order valence-corrected chi connectivity index (χ2v) is 6.46. The van der Waals surface area contributed by atoms with E-state index in [1.54, 1.807) is 11.3 Å². The summed E-state index contributed by atoms with van der Waals surface area (Å²) in [5.74, 6) is 0.538. The molecule has 0 bridgehead atoms. The Morgan fingerprint density at radius 1 is 1.67 bits per heavy atom. The van der Waals surface area contributed by atoms with Gasteiger partial charge in [-0.2, -0.15) is 0 Å². The third kappa shape index (κ3) is 3.43. The summed E-state index contributed by atoms with van der Waals surface area (Å²) in [6.45, 7) is 1.46. The van der Waals surface area contributed by atoms with E-state index >= 15 is 0 Å². The van der Waals surface area contributed by atoms with Crippen LogP contribution in [0, 0.1) is 5.92 Å². The molecule has 5 heteroatoms. The second kappa shape index (κ2) is 5.15. The van der Waals surface area contributed by atoms with Gasteiger partial charge in [0, 0.05) is 22.4 Å². The smallest absolute Gasteiger partial charge is 0.107 e. The molecule has 0 radical (unpaired) electrons. The monoisotopic (exact) mass is 309 g/mol. The van der Waals surface area contributed by atoms with E-state index in [0.717, 1.165) is 15.4 Å². The van der Waals surface area contributed by atoms with Crippen molar-refractivity contribution in [2.75, 3.05) is 6.54 Å². The van der Waals surface area contributed by atoms with Crippen molar-refractivity contribution in [3.8, 4) is 0 Å². The van der Waals surface area contributed by atoms with Crippen LogP contribution < -0.4 is 5.32 Å². The Labute approximate surface area is 107 Å². The first-order valence-electron chi connectivity index (χ1n) is 4.99. The van der Waals surface area contributed by atoms with E-state index < -0.39 is 0 Å². The molecule has 2 nitrogen and oxygen atoms in total. The quantitative estimate of drug-likeness (QED) is 0.876. The zero-order valence-electron chi connectivity index (χ0n) is 8.17. The van der Waals surface area contributed by atoms with Crippen LogP contribution in [-0.4, -0.2) is 17.8 Å². The lowest BCUT2D eigenvalue weighted by Gasteiger charge is -2.09. The molecule has 1 aromatic heterocycles. The van der Waals surface area contributed by atoms with Gasteiger partial charge in [-0.05, 0) is 40.8 Å². The van der Waals surface area contributed by atoms with Gasteiger partial charge in [0.1, 0.15) is 4.34 Å². The molecule has 0 saturated heterocycles. The van der Waals surface area contributed by atoms with E-state index in [0.29, 0.717) is 12.5 Å². The maximum Gasteiger partial charge on any atom is 0.107 e. The normalized spacial score (nSPS) is 18.1. The van der Waals surface area contributed by atoms with E-state index in [2.05, 4.69) is 21.2 Å². The summed E-state index contributed by atoms with van der Waals surface area (Å²) in [7, 11) is 0. The van der Waals surface area contributed by atoms with Gasteiger partial charge in [0.15, 0.2) is 0 Å². The Morgan fingerprint density at radius 2 is 2.40 bits per heavy atom. The average molecular weight is 311 g/mol. The summed E-state index contributed by atoms with van der Waals surface area (Å²) >= 11 is 10.9. The van der Waals surface area contributed by atoms with Crippen LogP contribution in [0.3, 0.4) is 0 Å². The lowest BCUT2D eigenvalue weighted by Crippen LogP contribution is -2.27. The van der Waals surface area contributed by atoms with E-state index in [1.807, 2.05) is 6.07 Å². The first kappa shape index (κ1) is 11.9. The fraction of sp³-hybridized carbons (Fsp3) is 0.600. The number of hydrogen-bond donors (Lipinski definition) is 2. The predicted molar refractivity (Wildman–Crippen MR) is 67.5 cm³/mol. The highest BCUT2D eigenvalue weighted by molar-refractivity contribution is 9.10. The number of halogens is 2. The summed E-state index contributed by atoms with van der Waals surface area (Å²) in [5.41, 5.74) is 0. The minimum absolute atomic E-state index is 0.177. The van der Waals surface area contributed by atoms with Crippen LogP contribution in [0.5, 0.6) is 0 Å². The van der Waals surface area contributed by atoms with Gasteiger partial charge in [-0.15, -0.1) is 11.3 Å². The highest BCUT2D eigenvalue weighted by atomic mass is 79.9. The molecular weight excluding hydrogens is 298 g/mol. The molecule has 1 aliphatic carbocycles. The van der Waals surface area contributed by atoms with Crippen molar-refractivity contribution in [1.29, 1.82) is 0 Å². The number of aliphatic hydroxyl groups is 1. The van der Waals surface area contributed by atoms with Gasteiger partial charge in [0.2, 0.25) is 0 Å². The van der Waals surface area contributed by atoms with Crippen molar-refractivity contribution >= 4 is 38.9 Å². The molecule has 2 rings (SSSR count). The second-order valence-electron chi connectivity index (χ2n) is 3.87. The minimum atomic E-state index is -0.177. The molecule has 1 fully saturated rings. The zero-order valence-corrected chi connectivity index (χ0v) is 11.3. The van der Waals surface area contributed by atoms with E-state index in [9.17, 15) is 5.11 Å². The lowest BCUT2D eigenvalue weighted by molar-refractivity contribution is 0.148. The van der Waals surface area contributed by atoms with Crippen LogP contribution >= 0.6 is 38.9 Å². The molecule has 15 heavy (non-hydrogen) atoms. The number of nitrogens with one attached hydrogen (secondary N) is 1. The molecule has 0 spiro atoms. The van der Waals surface area contributed by atoms with Gasteiger partial charge in [0.25, 0.3) is 0 Å². The first-order valence-corrected chi connectivity index (χ1v) is 6.98. The lowest BCUT2D eigenvalue weighted by atomic mass is 10.2. The van der Waals surface area contributed by atoms with Crippen LogP contribution in [0.25, 0.3) is 0 Å². The summed E-state index contributed by atoms with van der Waals surface area (Å²) in [6.07, 6.45) is 2.18. The average Bonchev–Trinajstić information content (AvgIpc) is 2.96. The summed E-state index contributed by atoms with van der Waals surface area (Å²) < 4.78 is 1.74. The zero-order chi connectivity index (χ0) is 10.8. The summed E-state index contributed by atoms with van der Waals surface area (Å²) in [6, 6.07) is 2.02. The molecule has 0 aromatic carbocycles. The van der Waals surface area contributed by atoms with Crippen molar-refractivity contribution in [1.82, 2.24) is 5.32 Å². The molecular formula is C10H13BrClNOS. The van der Waals surface area contributed by atoms with Gasteiger partial charge in [0.05, 0.1) is 6.10 Å². The fourth-order valence-electron chi connectivity index (χ4n) is 1.47. The van der Waals surface area contributed by atoms with Crippen LogP contribution in [-0.2, 0) is 6.54 Å². The Morgan fingerprint density at radius 3 is 2.93 bits per heavy atom. The molecule has 1 unspecified atom stereocenters. The molecule has 1 heterocycles. The molecule has 1 atom stereocenters. The number of hydrogen-bond acceptors (Lipinski definition) is 3. The molecule has 2 N–H and O–H groups in total. The third-order valence-electron chi connectivity index (χ3n) is 2.52. The Balaban J connectivity index is 1.73. The van der Waals surface area contributed by atoms with E-state index in [1.165, 1.54) is 17.7 Å². The largest absolute Gasteiger partial charge is 0.392 e. The van der Waals surface area contributed by atoms with Crippen molar-refractivity contribution in [3.63, 3.8) is 0 Å². The summed E-state index contributed by atoms with van der Waals surface area (Å²) in [5, 5.41) is 12.9. The minimum Gasteiger partial charge on any atom is -0.392 e. The van der Waals surface area contributed by atoms with E-state index in [-0.39, 0.29) is 6.10 Å². The van der Waals surface area contributed by atoms with Crippen LogP contribution in [0.4, 0.5) is 0 Å². The number of aliphatic hydroxyl groups excluding tert-OH is 1.